The van der Waals surface area contributed by atoms with E-state index < -0.39 is 0 Å². The minimum Gasteiger partial charge on any atom is -0.326 e. The van der Waals surface area contributed by atoms with Crippen molar-refractivity contribution in [3.8, 4) is 0 Å². The fourth-order valence-corrected chi connectivity index (χ4v) is 4.77. The van der Waals surface area contributed by atoms with Crippen molar-refractivity contribution in [1.29, 1.82) is 0 Å². The molecule has 2 aromatic heterocycles. The maximum atomic E-state index is 4.54. The first kappa shape index (κ1) is 18.7. The summed E-state index contributed by atoms with van der Waals surface area (Å²) < 4.78 is 2.21. The first-order chi connectivity index (χ1) is 15.8. The van der Waals surface area contributed by atoms with Crippen LogP contribution in [0.25, 0.3) is 22.2 Å². The van der Waals surface area contributed by atoms with Crippen LogP contribution in [0.1, 0.15) is 40.6 Å². The molecule has 3 aromatic carbocycles. The molecule has 0 saturated carbocycles. The van der Waals surface area contributed by atoms with Gasteiger partial charge < -0.3 is 4.57 Å². The third kappa shape index (κ3) is 3.12. The van der Waals surface area contributed by atoms with E-state index in [0.29, 0.717) is 5.82 Å². The van der Waals surface area contributed by atoms with E-state index >= 15 is 0 Å². The van der Waals surface area contributed by atoms with Crippen molar-refractivity contribution in [2.75, 3.05) is 0 Å². The molecule has 0 atom stereocenters. The second kappa shape index (κ2) is 7.57. The van der Waals surface area contributed by atoms with Gasteiger partial charge in [-0.1, -0.05) is 54.6 Å². The molecular weight excluding hydrogens is 396 g/mol. The van der Waals surface area contributed by atoms with Crippen LogP contribution in [-0.4, -0.2) is 30.2 Å². The fraction of sp³-hybridized carbons (Fsp3) is 0.154. The molecule has 5 aromatic rings. The lowest BCUT2D eigenvalue weighted by atomic mass is 9.89. The summed E-state index contributed by atoms with van der Waals surface area (Å²) >= 11 is 0. The van der Waals surface area contributed by atoms with Crippen LogP contribution in [0.4, 0.5) is 0 Å². The lowest BCUT2D eigenvalue weighted by molar-refractivity contribution is 0.821. The van der Waals surface area contributed by atoms with E-state index in [9.17, 15) is 0 Å². The Morgan fingerprint density at radius 2 is 1.75 bits per heavy atom. The number of fused-ring (bicyclic) bond motifs is 3. The van der Waals surface area contributed by atoms with Crippen LogP contribution in [0.3, 0.4) is 0 Å². The molecule has 0 amide bonds. The molecule has 0 radical (unpaired) electrons. The number of tetrazole rings is 1. The van der Waals surface area contributed by atoms with Crippen molar-refractivity contribution in [2.24, 2.45) is 0 Å². The third-order valence-electron chi connectivity index (χ3n) is 6.35. The molecule has 6 heteroatoms. The summed E-state index contributed by atoms with van der Waals surface area (Å²) in [5.41, 5.74) is 10.9. The number of nitrogens with one attached hydrogen (secondary N) is 1. The molecule has 2 heterocycles. The van der Waals surface area contributed by atoms with Crippen LogP contribution >= 0.6 is 0 Å². The Labute approximate surface area is 185 Å². The highest BCUT2D eigenvalue weighted by molar-refractivity contribution is 5.98. The van der Waals surface area contributed by atoms with E-state index in [-0.39, 0.29) is 0 Å². The second-order valence-corrected chi connectivity index (χ2v) is 8.26. The number of aromatic nitrogens is 6. The molecule has 0 saturated heterocycles. The maximum absolute atomic E-state index is 4.54. The molecule has 1 N–H and O–H groups in total. The standard InChI is InChI=1S/C26H22N6/c1-17(26-28-30-31-29-26)25-21-7-3-2-6-19(21)11-12-20-14-18(10-13-22(20)25)15-32-16-27-23-8-4-5-9-24(23)32/h2-10,13-14,16H,11-12,15H2,1H3,(H,28,29,30,31)/b25-17-. The predicted molar refractivity (Wildman–Crippen MR) is 125 cm³/mol. The number of aromatic amines is 1. The van der Waals surface area contributed by atoms with Crippen molar-refractivity contribution < 1.29 is 0 Å². The maximum Gasteiger partial charge on any atom is 0.175 e. The summed E-state index contributed by atoms with van der Waals surface area (Å²) in [6.07, 6.45) is 3.93. The molecule has 0 spiro atoms. The lowest BCUT2D eigenvalue weighted by Gasteiger charge is -2.16. The number of allylic oxidation sites excluding steroid dienone is 1. The summed E-state index contributed by atoms with van der Waals surface area (Å²) in [6.45, 7) is 2.89. The normalized spacial score (nSPS) is 14.7. The number of para-hydroxylation sites is 2. The van der Waals surface area contributed by atoms with Crippen molar-refractivity contribution in [1.82, 2.24) is 30.2 Å². The number of rotatable bonds is 3. The summed E-state index contributed by atoms with van der Waals surface area (Å²) in [5, 5.41) is 14.7. The Kier molecular flexibility index (Phi) is 4.42. The monoisotopic (exact) mass is 418 g/mol. The summed E-state index contributed by atoms with van der Waals surface area (Å²) in [5.74, 6) is 0.705. The van der Waals surface area contributed by atoms with Crippen LogP contribution in [0, 0.1) is 0 Å². The van der Waals surface area contributed by atoms with E-state index in [0.717, 1.165) is 36.0 Å². The highest BCUT2D eigenvalue weighted by Crippen LogP contribution is 2.38. The van der Waals surface area contributed by atoms with Gasteiger partial charge in [-0.05, 0) is 75.7 Å². The molecule has 1 aliphatic rings. The molecule has 1 aliphatic carbocycles. The Hall–Kier alpha value is -4.06. The van der Waals surface area contributed by atoms with Crippen molar-refractivity contribution in [2.45, 2.75) is 26.3 Å². The highest BCUT2D eigenvalue weighted by Gasteiger charge is 2.22. The molecule has 6 nitrogen and oxygen atoms in total. The van der Waals surface area contributed by atoms with Crippen LogP contribution in [0.15, 0.2) is 73.1 Å². The zero-order chi connectivity index (χ0) is 21.5. The molecule has 0 unspecified atom stereocenters. The van der Waals surface area contributed by atoms with E-state index in [1.807, 2.05) is 12.4 Å². The third-order valence-corrected chi connectivity index (χ3v) is 6.35. The minimum atomic E-state index is 0.705. The number of hydrogen-bond acceptors (Lipinski definition) is 4. The molecular formula is C26H22N6. The van der Waals surface area contributed by atoms with Crippen LogP contribution < -0.4 is 0 Å². The van der Waals surface area contributed by atoms with Gasteiger partial charge in [0.25, 0.3) is 0 Å². The van der Waals surface area contributed by atoms with Gasteiger partial charge in [-0.2, -0.15) is 0 Å². The molecule has 0 fully saturated rings. The quantitative estimate of drug-likeness (QED) is 0.462. The molecule has 0 bridgehead atoms. The van der Waals surface area contributed by atoms with Gasteiger partial charge in [-0.25, -0.2) is 10.1 Å². The average Bonchev–Trinajstić information content (AvgIpc) is 3.47. The zero-order valence-corrected chi connectivity index (χ0v) is 17.8. The number of H-pyrrole nitrogens is 1. The van der Waals surface area contributed by atoms with Gasteiger partial charge in [0.05, 0.1) is 17.4 Å². The molecule has 32 heavy (non-hydrogen) atoms. The van der Waals surface area contributed by atoms with Gasteiger partial charge >= 0.3 is 0 Å². The van der Waals surface area contributed by atoms with Crippen LogP contribution in [0.5, 0.6) is 0 Å². The second-order valence-electron chi connectivity index (χ2n) is 8.26. The van der Waals surface area contributed by atoms with Gasteiger partial charge in [-0.15, -0.1) is 5.10 Å². The van der Waals surface area contributed by atoms with Gasteiger partial charge in [0.15, 0.2) is 5.82 Å². The first-order valence-electron chi connectivity index (χ1n) is 10.8. The molecule has 6 rings (SSSR count). The number of imidazole rings is 1. The Morgan fingerprint density at radius 3 is 2.66 bits per heavy atom. The van der Waals surface area contributed by atoms with E-state index in [2.05, 4.69) is 97.8 Å². The van der Waals surface area contributed by atoms with E-state index in [1.54, 1.807) is 0 Å². The summed E-state index contributed by atoms with van der Waals surface area (Å²) in [7, 11) is 0. The van der Waals surface area contributed by atoms with Gasteiger partial charge in [0, 0.05) is 12.1 Å². The smallest absolute Gasteiger partial charge is 0.175 e. The van der Waals surface area contributed by atoms with Gasteiger partial charge in [0.2, 0.25) is 0 Å². The molecule has 0 aliphatic heterocycles. The number of hydrogen-bond donors (Lipinski definition) is 1. The Morgan fingerprint density at radius 1 is 0.938 bits per heavy atom. The van der Waals surface area contributed by atoms with E-state index in [4.69, 9.17) is 0 Å². The topological polar surface area (TPSA) is 72.3 Å². The average molecular weight is 419 g/mol. The number of nitrogens with zero attached hydrogens (tertiary/aromatic N) is 5. The highest BCUT2D eigenvalue weighted by atomic mass is 15.5. The van der Waals surface area contributed by atoms with E-state index in [1.165, 1.54) is 33.4 Å². The van der Waals surface area contributed by atoms with Crippen LogP contribution in [0.2, 0.25) is 0 Å². The summed E-state index contributed by atoms with van der Waals surface area (Å²) in [4.78, 5) is 4.54. The van der Waals surface area contributed by atoms with Crippen LogP contribution in [-0.2, 0) is 19.4 Å². The number of benzene rings is 3. The number of aryl methyl sites for hydroxylation is 2. The van der Waals surface area contributed by atoms with Gasteiger partial charge in [0.1, 0.15) is 0 Å². The van der Waals surface area contributed by atoms with Crippen molar-refractivity contribution >= 4 is 22.2 Å². The molecule has 156 valence electrons. The predicted octanol–water partition coefficient (Wildman–Crippen LogP) is 4.68. The zero-order valence-electron chi connectivity index (χ0n) is 17.8. The summed E-state index contributed by atoms with van der Waals surface area (Å²) in [6, 6.07) is 23.8. The largest absolute Gasteiger partial charge is 0.326 e. The Balaban J connectivity index is 1.47. The van der Waals surface area contributed by atoms with Crippen molar-refractivity contribution in [3.63, 3.8) is 0 Å². The lowest BCUT2D eigenvalue weighted by Crippen LogP contribution is -2.02. The SMILES string of the molecule is C/C(=C1\c2ccccc2CCc2cc(Cn3cnc4ccccc43)ccc21)c1nnn[nH]1. The minimum absolute atomic E-state index is 0.705. The Bertz CT molecular complexity index is 1460. The first-order valence-corrected chi connectivity index (χ1v) is 10.8. The fourth-order valence-electron chi connectivity index (χ4n) is 4.77. The van der Waals surface area contributed by atoms with Crippen molar-refractivity contribution in [3.05, 3.63) is 107 Å². The van der Waals surface area contributed by atoms with Gasteiger partial charge in [-0.3, -0.25) is 0 Å².